The fourth-order valence-electron chi connectivity index (χ4n) is 2.92. The van der Waals surface area contributed by atoms with Crippen LogP contribution in [0.4, 0.5) is 5.69 Å². The number of aromatic nitrogens is 4. The van der Waals surface area contributed by atoms with E-state index < -0.39 is 0 Å². The van der Waals surface area contributed by atoms with E-state index in [1.165, 1.54) is 0 Å². The lowest BCUT2D eigenvalue weighted by molar-refractivity contribution is 0.102. The van der Waals surface area contributed by atoms with E-state index in [4.69, 9.17) is 0 Å². The smallest absolute Gasteiger partial charge is 0.255 e. The number of para-hydroxylation sites is 1. The first kappa shape index (κ1) is 18.2. The van der Waals surface area contributed by atoms with Crippen LogP contribution in [-0.2, 0) is 5.75 Å². The first-order valence-corrected chi connectivity index (χ1v) is 9.86. The molecule has 1 N–H and O–H groups in total. The minimum atomic E-state index is -0.120. The van der Waals surface area contributed by atoms with Crippen LogP contribution >= 0.6 is 11.8 Å². The number of rotatable bonds is 5. The molecular weight excluding hydrogens is 370 g/mol. The van der Waals surface area contributed by atoms with Crippen molar-refractivity contribution in [2.45, 2.75) is 24.8 Å². The summed E-state index contributed by atoms with van der Waals surface area (Å²) in [4.78, 5) is 16.8. The largest absolute Gasteiger partial charge is 0.322 e. The second kappa shape index (κ2) is 7.82. The quantitative estimate of drug-likeness (QED) is 0.516. The highest BCUT2D eigenvalue weighted by molar-refractivity contribution is 7.98. The van der Waals surface area contributed by atoms with E-state index in [1.54, 1.807) is 11.8 Å². The van der Waals surface area contributed by atoms with Crippen LogP contribution in [0.1, 0.15) is 27.4 Å². The molecule has 0 spiro atoms. The van der Waals surface area contributed by atoms with Crippen molar-refractivity contribution in [2.75, 3.05) is 5.32 Å². The number of amides is 1. The van der Waals surface area contributed by atoms with E-state index in [1.807, 2.05) is 78.9 Å². The predicted octanol–water partition coefficient (Wildman–Crippen LogP) is 4.29. The van der Waals surface area contributed by atoms with E-state index in [9.17, 15) is 4.79 Å². The zero-order chi connectivity index (χ0) is 19.5. The lowest BCUT2D eigenvalue weighted by Gasteiger charge is -2.07. The molecule has 2 aromatic carbocycles. The van der Waals surface area contributed by atoms with Gasteiger partial charge in [0.1, 0.15) is 5.82 Å². The Morgan fingerprint density at radius 2 is 1.79 bits per heavy atom. The average molecular weight is 389 g/mol. The van der Waals surface area contributed by atoms with Crippen LogP contribution < -0.4 is 5.32 Å². The number of hydrogen-bond donors (Lipinski definition) is 1. The monoisotopic (exact) mass is 389 g/mol. The van der Waals surface area contributed by atoms with Crippen molar-refractivity contribution in [3.63, 3.8) is 0 Å². The lowest BCUT2D eigenvalue weighted by Crippen LogP contribution is -2.11. The highest BCUT2D eigenvalue weighted by atomic mass is 32.2. The third-order valence-corrected chi connectivity index (χ3v) is 5.27. The zero-order valence-corrected chi connectivity index (χ0v) is 16.4. The number of anilines is 1. The molecule has 6 nitrogen and oxygen atoms in total. The van der Waals surface area contributed by atoms with Gasteiger partial charge in [0.15, 0.2) is 10.8 Å². The SMILES string of the molecule is Cc1cc2nnc(SCc3ccc(C(=O)Nc4ccccc4)cc3)n2c(C)n1. The molecule has 0 fully saturated rings. The number of hydrogen-bond acceptors (Lipinski definition) is 5. The molecule has 4 aromatic rings. The van der Waals surface area contributed by atoms with Gasteiger partial charge in [0.05, 0.1) is 0 Å². The summed E-state index contributed by atoms with van der Waals surface area (Å²) in [5.74, 6) is 1.48. The fourth-order valence-corrected chi connectivity index (χ4v) is 3.86. The third-order valence-electron chi connectivity index (χ3n) is 4.27. The number of fused-ring (bicyclic) bond motifs is 1. The molecule has 0 radical (unpaired) electrons. The topological polar surface area (TPSA) is 72.2 Å². The van der Waals surface area contributed by atoms with Crippen LogP contribution in [0.5, 0.6) is 0 Å². The first-order chi connectivity index (χ1) is 13.6. The number of nitrogens with zero attached hydrogens (tertiary/aromatic N) is 4. The Bertz CT molecular complexity index is 1120. The second-order valence-electron chi connectivity index (χ2n) is 6.43. The molecule has 2 heterocycles. The molecule has 0 atom stereocenters. The van der Waals surface area contributed by atoms with Gasteiger partial charge in [-0.25, -0.2) is 4.98 Å². The van der Waals surface area contributed by atoms with Crippen LogP contribution in [-0.4, -0.2) is 25.5 Å². The molecule has 1 amide bonds. The summed E-state index contributed by atoms with van der Waals surface area (Å²) in [6, 6.07) is 19.0. The molecule has 28 heavy (non-hydrogen) atoms. The molecule has 140 valence electrons. The Kier molecular flexibility index (Phi) is 5.08. The van der Waals surface area contributed by atoms with Crippen molar-refractivity contribution >= 4 is 29.0 Å². The number of thioether (sulfide) groups is 1. The lowest BCUT2D eigenvalue weighted by atomic mass is 10.1. The van der Waals surface area contributed by atoms with E-state index in [0.717, 1.165) is 39.3 Å². The predicted molar refractivity (Wildman–Crippen MR) is 111 cm³/mol. The summed E-state index contributed by atoms with van der Waals surface area (Å²) in [5.41, 5.74) is 4.25. The van der Waals surface area contributed by atoms with E-state index in [0.29, 0.717) is 5.56 Å². The molecule has 0 bridgehead atoms. The Labute approximate surface area is 167 Å². The van der Waals surface area contributed by atoms with Crippen LogP contribution in [0.2, 0.25) is 0 Å². The molecule has 0 aliphatic heterocycles. The first-order valence-electron chi connectivity index (χ1n) is 8.88. The van der Waals surface area contributed by atoms with Gasteiger partial charge < -0.3 is 5.32 Å². The van der Waals surface area contributed by atoms with Gasteiger partial charge in [-0.15, -0.1) is 10.2 Å². The van der Waals surface area contributed by atoms with Gasteiger partial charge in [0.25, 0.3) is 5.91 Å². The van der Waals surface area contributed by atoms with E-state index >= 15 is 0 Å². The maximum atomic E-state index is 12.3. The van der Waals surface area contributed by atoms with Gasteiger partial charge in [0, 0.05) is 28.8 Å². The molecule has 2 aromatic heterocycles. The van der Waals surface area contributed by atoms with Gasteiger partial charge in [-0.05, 0) is 43.7 Å². The standard InChI is InChI=1S/C21H19N5OS/c1-14-12-19-24-25-21(26(19)15(2)22-14)28-13-16-8-10-17(11-9-16)20(27)23-18-6-4-3-5-7-18/h3-12H,13H2,1-2H3,(H,23,27). The fraction of sp³-hybridized carbons (Fsp3) is 0.143. The Hall–Kier alpha value is -3.19. The Balaban J connectivity index is 1.43. The minimum Gasteiger partial charge on any atom is -0.322 e. The van der Waals surface area contributed by atoms with Crippen LogP contribution in [0.3, 0.4) is 0 Å². The van der Waals surface area contributed by atoms with Crippen molar-refractivity contribution < 1.29 is 4.79 Å². The van der Waals surface area contributed by atoms with Crippen molar-refractivity contribution in [2.24, 2.45) is 0 Å². The van der Waals surface area contributed by atoms with Gasteiger partial charge in [0.2, 0.25) is 0 Å². The second-order valence-corrected chi connectivity index (χ2v) is 7.37. The summed E-state index contributed by atoms with van der Waals surface area (Å²) in [6.07, 6.45) is 0. The zero-order valence-electron chi connectivity index (χ0n) is 15.6. The highest BCUT2D eigenvalue weighted by Gasteiger charge is 2.11. The number of nitrogens with one attached hydrogen (secondary N) is 1. The maximum Gasteiger partial charge on any atom is 0.255 e. The van der Waals surface area contributed by atoms with Crippen molar-refractivity contribution in [1.29, 1.82) is 0 Å². The summed E-state index contributed by atoms with van der Waals surface area (Å²) >= 11 is 1.60. The molecule has 0 aliphatic rings. The van der Waals surface area contributed by atoms with Crippen LogP contribution in [0, 0.1) is 13.8 Å². The Morgan fingerprint density at radius 1 is 1.04 bits per heavy atom. The van der Waals surface area contributed by atoms with Gasteiger partial charge in [-0.2, -0.15) is 0 Å². The van der Waals surface area contributed by atoms with Gasteiger partial charge in [-0.1, -0.05) is 42.1 Å². The number of carbonyl (C=O) groups is 1. The summed E-state index contributed by atoms with van der Waals surface area (Å²) < 4.78 is 1.96. The van der Waals surface area contributed by atoms with Gasteiger partial charge in [-0.3, -0.25) is 9.20 Å². The van der Waals surface area contributed by atoms with Crippen LogP contribution in [0.25, 0.3) is 5.65 Å². The van der Waals surface area contributed by atoms with Crippen LogP contribution in [0.15, 0.2) is 65.8 Å². The Morgan fingerprint density at radius 3 is 2.54 bits per heavy atom. The highest BCUT2D eigenvalue weighted by Crippen LogP contribution is 2.23. The molecule has 4 rings (SSSR count). The van der Waals surface area contributed by atoms with Crippen molar-refractivity contribution in [3.8, 4) is 0 Å². The summed E-state index contributed by atoms with van der Waals surface area (Å²) in [7, 11) is 0. The number of benzene rings is 2. The third kappa shape index (κ3) is 3.89. The molecule has 7 heteroatoms. The number of aryl methyl sites for hydroxylation is 2. The molecule has 0 unspecified atom stereocenters. The average Bonchev–Trinajstić information content (AvgIpc) is 3.10. The summed E-state index contributed by atoms with van der Waals surface area (Å²) in [5, 5.41) is 12.2. The molecule has 0 saturated heterocycles. The molecular formula is C21H19N5OS. The maximum absolute atomic E-state index is 12.3. The minimum absolute atomic E-state index is 0.120. The summed E-state index contributed by atoms with van der Waals surface area (Å²) in [6.45, 7) is 3.90. The van der Waals surface area contributed by atoms with Crippen molar-refractivity contribution in [3.05, 3.63) is 83.3 Å². The van der Waals surface area contributed by atoms with Gasteiger partial charge >= 0.3 is 0 Å². The normalized spacial score (nSPS) is 10.9. The molecule has 0 aliphatic carbocycles. The van der Waals surface area contributed by atoms with E-state index in [-0.39, 0.29) is 5.91 Å². The number of carbonyl (C=O) groups excluding carboxylic acids is 1. The van der Waals surface area contributed by atoms with Crippen molar-refractivity contribution in [1.82, 2.24) is 19.6 Å². The molecule has 0 saturated carbocycles. The van der Waals surface area contributed by atoms with E-state index in [2.05, 4.69) is 20.5 Å².